The number of nitrogens with zero attached hydrogens (tertiary/aromatic N) is 3. The molecule has 2 aliphatic heterocycles. The van der Waals surface area contributed by atoms with E-state index in [4.69, 9.17) is 21.6 Å². The summed E-state index contributed by atoms with van der Waals surface area (Å²) in [6, 6.07) is 6.97. The summed E-state index contributed by atoms with van der Waals surface area (Å²) < 4.78 is 5.83. The number of carbonyl (C=O) groups is 1. The Morgan fingerprint density at radius 2 is 1.93 bits per heavy atom. The second-order valence-corrected chi connectivity index (χ2v) is 8.77. The van der Waals surface area contributed by atoms with Crippen LogP contribution in [0.5, 0.6) is 0 Å². The summed E-state index contributed by atoms with van der Waals surface area (Å²) >= 11 is 6.02. The lowest BCUT2D eigenvalue weighted by atomic mass is 9.95. The number of nitriles is 1. The maximum atomic E-state index is 12.2. The Morgan fingerprint density at radius 1 is 1.24 bits per heavy atom. The molecule has 2 atom stereocenters. The van der Waals surface area contributed by atoms with Crippen LogP contribution in [0.3, 0.4) is 0 Å². The van der Waals surface area contributed by atoms with Crippen LogP contribution in [-0.2, 0) is 9.53 Å². The van der Waals surface area contributed by atoms with Gasteiger partial charge in [-0.05, 0) is 63.9 Å². The number of morpholine rings is 1. The number of benzene rings is 1. The predicted molar refractivity (Wildman–Crippen MR) is 115 cm³/mol. The zero-order valence-corrected chi connectivity index (χ0v) is 18.1. The number of amides is 1. The molecule has 0 radical (unpaired) electrons. The van der Waals surface area contributed by atoms with E-state index in [2.05, 4.69) is 29.0 Å². The molecular formula is C22H31ClN4O2. The molecule has 0 aromatic heterocycles. The number of anilines is 1. The van der Waals surface area contributed by atoms with Crippen LogP contribution in [0.2, 0.25) is 5.02 Å². The second kappa shape index (κ2) is 10.4. The van der Waals surface area contributed by atoms with Crippen LogP contribution in [0.1, 0.15) is 38.7 Å². The smallest absolute Gasteiger partial charge is 0.225 e. The molecule has 0 saturated carbocycles. The maximum Gasteiger partial charge on any atom is 0.225 e. The molecule has 2 aliphatic rings. The predicted octanol–water partition coefficient (Wildman–Crippen LogP) is 3.36. The number of halogens is 1. The molecule has 0 spiro atoms. The zero-order chi connectivity index (χ0) is 20.8. The third-order valence-electron chi connectivity index (χ3n) is 5.75. The van der Waals surface area contributed by atoms with Crippen LogP contribution in [0.4, 0.5) is 5.69 Å². The lowest BCUT2D eigenvalue weighted by molar-refractivity contribution is -0.116. The van der Waals surface area contributed by atoms with E-state index in [1.54, 1.807) is 18.2 Å². The maximum absolute atomic E-state index is 12.2. The number of hydrogen-bond donors (Lipinski definition) is 1. The third kappa shape index (κ3) is 6.68. The molecule has 29 heavy (non-hydrogen) atoms. The van der Waals surface area contributed by atoms with Gasteiger partial charge in [0, 0.05) is 38.3 Å². The van der Waals surface area contributed by atoms with Gasteiger partial charge in [0.1, 0.15) is 6.07 Å². The highest BCUT2D eigenvalue weighted by molar-refractivity contribution is 6.32. The summed E-state index contributed by atoms with van der Waals surface area (Å²) in [4.78, 5) is 17.2. The molecule has 2 heterocycles. The Balaban J connectivity index is 1.36. The number of rotatable bonds is 6. The number of ether oxygens (including phenoxy) is 1. The van der Waals surface area contributed by atoms with E-state index in [9.17, 15) is 4.79 Å². The standard InChI is InChI=1S/C22H31ClN4O2/c1-16-13-27(14-17(2)29-16)15-18-5-8-26(9-6-18)10-7-22(28)25-20-4-3-19(12-24)21(23)11-20/h3-4,11,16-18H,5-10,13-15H2,1-2H3,(H,25,28). The highest BCUT2D eigenvalue weighted by Gasteiger charge is 2.26. The van der Waals surface area contributed by atoms with Crippen LogP contribution in [-0.4, -0.2) is 67.2 Å². The normalized spacial score (nSPS) is 24.2. The van der Waals surface area contributed by atoms with Crippen LogP contribution in [0.15, 0.2) is 18.2 Å². The van der Waals surface area contributed by atoms with Crippen molar-refractivity contribution < 1.29 is 9.53 Å². The van der Waals surface area contributed by atoms with Crippen LogP contribution < -0.4 is 5.32 Å². The molecule has 3 rings (SSSR count). The van der Waals surface area contributed by atoms with Gasteiger partial charge in [-0.1, -0.05) is 11.6 Å². The van der Waals surface area contributed by atoms with Gasteiger partial charge in [-0.15, -0.1) is 0 Å². The van der Waals surface area contributed by atoms with Gasteiger partial charge in [-0.2, -0.15) is 5.26 Å². The molecule has 6 nitrogen and oxygen atoms in total. The van der Waals surface area contributed by atoms with Crippen molar-refractivity contribution >= 4 is 23.2 Å². The number of piperidine rings is 1. The summed E-state index contributed by atoms with van der Waals surface area (Å²) in [6.07, 6.45) is 3.48. The fraction of sp³-hybridized carbons (Fsp3) is 0.636. The lowest BCUT2D eigenvalue weighted by Gasteiger charge is -2.39. The Hall–Kier alpha value is -1.65. The van der Waals surface area contributed by atoms with E-state index in [1.165, 1.54) is 12.8 Å². The fourth-order valence-electron chi connectivity index (χ4n) is 4.36. The monoisotopic (exact) mass is 418 g/mol. The van der Waals surface area contributed by atoms with Crippen molar-refractivity contribution in [2.45, 2.75) is 45.3 Å². The first-order chi connectivity index (χ1) is 13.9. The van der Waals surface area contributed by atoms with Crippen LogP contribution in [0, 0.1) is 17.2 Å². The minimum absolute atomic E-state index is 0.0239. The molecule has 2 saturated heterocycles. The molecule has 1 amide bonds. The van der Waals surface area contributed by atoms with Gasteiger partial charge in [-0.25, -0.2) is 0 Å². The molecule has 0 bridgehead atoms. The minimum Gasteiger partial charge on any atom is -0.373 e. The molecule has 1 N–H and O–H groups in total. The number of likely N-dealkylation sites (tertiary alicyclic amines) is 1. The number of hydrogen-bond acceptors (Lipinski definition) is 5. The lowest BCUT2D eigenvalue weighted by Crippen LogP contribution is -2.48. The van der Waals surface area contributed by atoms with Gasteiger partial charge in [0.05, 0.1) is 22.8 Å². The Bertz CT molecular complexity index is 733. The van der Waals surface area contributed by atoms with Gasteiger partial charge in [0.25, 0.3) is 0 Å². The second-order valence-electron chi connectivity index (χ2n) is 8.37. The molecule has 1 aromatic carbocycles. The first-order valence-electron chi connectivity index (χ1n) is 10.5. The number of nitrogens with one attached hydrogen (secondary N) is 1. The van der Waals surface area contributed by atoms with Gasteiger partial charge >= 0.3 is 0 Å². The van der Waals surface area contributed by atoms with Crippen molar-refractivity contribution in [1.82, 2.24) is 9.80 Å². The van der Waals surface area contributed by atoms with E-state index in [1.807, 2.05) is 6.07 Å². The van der Waals surface area contributed by atoms with Crippen molar-refractivity contribution in [2.75, 3.05) is 44.6 Å². The molecule has 158 valence electrons. The van der Waals surface area contributed by atoms with Crippen molar-refractivity contribution in [1.29, 1.82) is 5.26 Å². The molecule has 2 fully saturated rings. The summed E-state index contributed by atoms with van der Waals surface area (Å²) in [6.45, 7) is 10.4. The van der Waals surface area contributed by atoms with Crippen molar-refractivity contribution in [3.8, 4) is 6.07 Å². The van der Waals surface area contributed by atoms with Crippen molar-refractivity contribution in [2.24, 2.45) is 5.92 Å². The summed E-state index contributed by atoms with van der Waals surface area (Å²) in [5, 5.41) is 12.1. The van der Waals surface area contributed by atoms with Crippen LogP contribution >= 0.6 is 11.6 Å². The molecule has 2 unspecified atom stereocenters. The van der Waals surface area contributed by atoms with Gasteiger partial charge < -0.3 is 15.0 Å². The van der Waals surface area contributed by atoms with Crippen molar-refractivity contribution in [3.05, 3.63) is 28.8 Å². The van der Waals surface area contributed by atoms with Gasteiger partial charge in [-0.3, -0.25) is 9.69 Å². The average Bonchev–Trinajstić information content (AvgIpc) is 2.67. The zero-order valence-electron chi connectivity index (χ0n) is 17.4. The van der Waals surface area contributed by atoms with E-state index in [0.29, 0.717) is 34.9 Å². The van der Waals surface area contributed by atoms with Crippen LogP contribution in [0.25, 0.3) is 0 Å². The quantitative estimate of drug-likeness (QED) is 0.767. The molecule has 7 heteroatoms. The first-order valence-corrected chi connectivity index (χ1v) is 10.9. The minimum atomic E-state index is -0.0239. The molecule has 1 aromatic rings. The van der Waals surface area contributed by atoms with E-state index in [0.717, 1.165) is 45.2 Å². The van der Waals surface area contributed by atoms with E-state index < -0.39 is 0 Å². The summed E-state index contributed by atoms with van der Waals surface area (Å²) in [5.41, 5.74) is 1.04. The largest absolute Gasteiger partial charge is 0.373 e. The highest BCUT2D eigenvalue weighted by atomic mass is 35.5. The Morgan fingerprint density at radius 3 is 2.55 bits per heavy atom. The molecule has 0 aliphatic carbocycles. The number of carbonyl (C=O) groups excluding carboxylic acids is 1. The van der Waals surface area contributed by atoms with E-state index >= 15 is 0 Å². The Kier molecular flexibility index (Phi) is 7.91. The SMILES string of the molecule is CC1CN(CC2CCN(CCC(=O)Nc3ccc(C#N)c(Cl)c3)CC2)CC(C)O1. The van der Waals surface area contributed by atoms with Gasteiger partial charge in [0.2, 0.25) is 5.91 Å². The van der Waals surface area contributed by atoms with Crippen molar-refractivity contribution in [3.63, 3.8) is 0 Å². The Labute approximate surface area is 178 Å². The average molecular weight is 419 g/mol. The van der Waals surface area contributed by atoms with E-state index in [-0.39, 0.29) is 5.91 Å². The highest BCUT2D eigenvalue weighted by Crippen LogP contribution is 2.22. The third-order valence-corrected chi connectivity index (χ3v) is 6.06. The van der Waals surface area contributed by atoms with Gasteiger partial charge in [0.15, 0.2) is 0 Å². The topological polar surface area (TPSA) is 68.6 Å². The summed E-state index contributed by atoms with van der Waals surface area (Å²) in [5.74, 6) is 0.711. The first kappa shape index (κ1) is 22.0. The fourth-order valence-corrected chi connectivity index (χ4v) is 4.58. The summed E-state index contributed by atoms with van der Waals surface area (Å²) in [7, 11) is 0. The molecular weight excluding hydrogens is 388 g/mol.